The number of carbonyl (C=O) groups excluding carboxylic acids is 1. The Morgan fingerprint density at radius 3 is 1.79 bits per heavy atom. The van der Waals surface area contributed by atoms with Crippen LogP contribution < -0.4 is 0 Å². The van der Waals surface area contributed by atoms with E-state index in [1.165, 1.54) is 16.7 Å². The van der Waals surface area contributed by atoms with Gasteiger partial charge in [0.15, 0.2) is 0 Å². The molecule has 0 spiro atoms. The Hall–Kier alpha value is -2.91. The maximum Gasteiger partial charge on any atom is 0.328 e. The van der Waals surface area contributed by atoms with Gasteiger partial charge in [0.2, 0.25) is 0 Å². The standard InChI is InChI=1S/C25H27NO2/c1-3-28-25(27)24(23-16-14-20(2)15-17-23)26(18-21-10-6-4-7-11-21)19-22-12-8-5-9-13-22/h4-17,24H,3,18-19H2,1-2H3. The Labute approximate surface area is 167 Å². The molecule has 3 aromatic rings. The fourth-order valence-corrected chi connectivity index (χ4v) is 3.34. The van der Waals surface area contributed by atoms with Crippen molar-refractivity contribution in [3.63, 3.8) is 0 Å². The minimum Gasteiger partial charge on any atom is -0.465 e. The van der Waals surface area contributed by atoms with Gasteiger partial charge in [-0.15, -0.1) is 0 Å². The lowest BCUT2D eigenvalue weighted by atomic mass is 10.0. The number of esters is 1. The molecule has 0 N–H and O–H groups in total. The number of carbonyl (C=O) groups is 1. The van der Waals surface area contributed by atoms with Gasteiger partial charge in [-0.25, -0.2) is 4.79 Å². The highest BCUT2D eigenvalue weighted by atomic mass is 16.5. The summed E-state index contributed by atoms with van der Waals surface area (Å²) in [5.74, 6) is -0.210. The van der Waals surface area contributed by atoms with Gasteiger partial charge in [-0.3, -0.25) is 4.90 Å². The van der Waals surface area contributed by atoms with Crippen molar-refractivity contribution in [3.05, 3.63) is 107 Å². The third-order valence-electron chi connectivity index (χ3n) is 4.73. The number of aryl methyl sites for hydroxylation is 1. The van der Waals surface area contributed by atoms with Gasteiger partial charge >= 0.3 is 5.97 Å². The van der Waals surface area contributed by atoms with Crippen LogP contribution in [-0.2, 0) is 22.6 Å². The Balaban J connectivity index is 1.98. The van der Waals surface area contributed by atoms with Gasteiger partial charge in [0.05, 0.1) is 6.61 Å². The minimum absolute atomic E-state index is 0.210. The zero-order chi connectivity index (χ0) is 19.8. The Bertz CT molecular complexity index is 819. The van der Waals surface area contributed by atoms with Crippen LogP contribution in [0.2, 0.25) is 0 Å². The van der Waals surface area contributed by atoms with Crippen LogP contribution in [0.25, 0.3) is 0 Å². The van der Waals surface area contributed by atoms with Gasteiger partial charge in [-0.2, -0.15) is 0 Å². The molecule has 144 valence electrons. The first-order chi connectivity index (χ1) is 13.7. The van der Waals surface area contributed by atoms with Crippen molar-refractivity contribution in [2.24, 2.45) is 0 Å². The Morgan fingerprint density at radius 1 is 0.821 bits per heavy atom. The summed E-state index contributed by atoms with van der Waals surface area (Å²) in [5, 5.41) is 0. The molecule has 28 heavy (non-hydrogen) atoms. The highest BCUT2D eigenvalue weighted by molar-refractivity contribution is 5.77. The molecule has 0 heterocycles. The van der Waals surface area contributed by atoms with E-state index in [1.807, 2.05) is 67.6 Å². The summed E-state index contributed by atoms with van der Waals surface area (Å²) in [6.45, 7) is 5.59. The molecule has 1 unspecified atom stereocenters. The van der Waals surface area contributed by atoms with Crippen molar-refractivity contribution in [1.29, 1.82) is 0 Å². The van der Waals surface area contributed by atoms with Crippen molar-refractivity contribution in [1.82, 2.24) is 4.90 Å². The summed E-state index contributed by atoms with van der Waals surface area (Å²) in [6.07, 6.45) is 0. The molecule has 0 aliphatic rings. The van der Waals surface area contributed by atoms with Gasteiger partial charge in [0.25, 0.3) is 0 Å². The van der Waals surface area contributed by atoms with Gasteiger partial charge in [-0.1, -0.05) is 90.5 Å². The Kier molecular flexibility index (Phi) is 6.99. The van der Waals surface area contributed by atoms with Crippen LogP contribution in [-0.4, -0.2) is 17.5 Å². The summed E-state index contributed by atoms with van der Waals surface area (Å²) < 4.78 is 5.46. The quantitative estimate of drug-likeness (QED) is 0.502. The molecule has 0 amide bonds. The first kappa shape index (κ1) is 19.8. The normalized spacial score (nSPS) is 12.0. The van der Waals surface area contributed by atoms with Gasteiger partial charge < -0.3 is 4.74 Å². The van der Waals surface area contributed by atoms with E-state index in [1.54, 1.807) is 0 Å². The molecule has 0 saturated heterocycles. The highest BCUT2D eigenvalue weighted by Gasteiger charge is 2.29. The number of nitrogens with zero attached hydrogens (tertiary/aromatic N) is 1. The lowest BCUT2D eigenvalue weighted by Crippen LogP contribution is -2.34. The summed E-state index contributed by atoms with van der Waals surface area (Å²) in [7, 11) is 0. The number of benzene rings is 3. The molecule has 1 atom stereocenters. The maximum absolute atomic E-state index is 13.0. The summed E-state index contributed by atoms with van der Waals surface area (Å²) in [6, 6.07) is 28.2. The second-order valence-corrected chi connectivity index (χ2v) is 6.94. The molecule has 0 aromatic heterocycles. The molecular weight excluding hydrogens is 346 g/mol. The van der Waals surface area contributed by atoms with E-state index in [2.05, 4.69) is 36.1 Å². The van der Waals surface area contributed by atoms with Crippen LogP contribution in [0.4, 0.5) is 0 Å². The molecule has 3 rings (SSSR count). The maximum atomic E-state index is 13.0. The molecule has 0 fully saturated rings. The van der Waals surface area contributed by atoms with E-state index < -0.39 is 6.04 Å². The van der Waals surface area contributed by atoms with E-state index in [9.17, 15) is 4.79 Å². The SMILES string of the molecule is CCOC(=O)C(c1ccc(C)cc1)N(Cc1ccccc1)Cc1ccccc1. The second kappa shape index (κ2) is 9.86. The average molecular weight is 373 g/mol. The van der Waals surface area contributed by atoms with Crippen molar-refractivity contribution >= 4 is 5.97 Å². The number of ether oxygens (including phenoxy) is 1. The first-order valence-corrected chi connectivity index (χ1v) is 9.72. The van der Waals surface area contributed by atoms with Crippen LogP contribution in [0.15, 0.2) is 84.9 Å². The van der Waals surface area contributed by atoms with E-state index in [0.717, 1.165) is 5.56 Å². The molecule has 0 saturated carbocycles. The summed E-state index contributed by atoms with van der Waals surface area (Å²) in [5.41, 5.74) is 4.46. The molecule has 0 radical (unpaired) electrons. The highest BCUT2D eigenvalue weighted by Crippen LogP contribution is 2.27. The minimum atomic E-state index is -0.457. The van der Waals surface area contributed by atoms with Crippen molar-refractivity contribution in [2.75, 3.05) is 6.61 Å². The zero-order valence-corrected chi connectivity index (χ0v) is 16.5. The molecule has 0 aliphatic heterocycles. The van der Waals surface area contributed by atoms with Crippen molar-refractivity contribution in [2.45, 2.75) is 33.0 Å². The number of hydrogen-bond acceptors (Lipinski definition) is 3. The first-order valence-electron chi connectivity index (χ1n) is 9.72. The second-order valence-electron chi connectivity index (χ2n) is 6.94. The van der Waals surface area contributed by atoms with Crippen molar-refractivity contribution in [3.8, 4) is 0 Å². The molecule has 0 aliphatic carbocycles. The van der Waals surface area contributed by atoms with Crippen LogP contribution in [0, 0.1) is 6.92 Å². The van der Waals surface area contributed by atoms with Crippen LogP contribution in [0.3, 0.4) is 0 Å². The van der Waals surface area contributed by atoms with Gasteiger partial charge in [0.1, 0.15) is 6.04 Å². The largest absolute Gasteiger partial charge is 0.465 e. The Morgan fingerprint density at radius 2 is 1.32 bits per heavy atom. The van der Waals surface area contributed by atoms with E-state index in [-0.39, 0.29) is 5.97 Å². The van der Waals surface area contributed by atoms with E-state index in [4.69, 9.17) is 4.74 Å². The smallest absolute Gasteiger partial charge is 0.328 e. The molecule has 3 aromatic carbocycles. The predicted octanol–water partition coefficient (Wildman–Crippen LogP) is 5.30. The fourth-order valence-electron chi connectivity index (χ4n) is 3.34. The van der Waals surface area contributed by atoms with Crippen LogP contribution in [0.1, 0.15) is 35.2 Å². The topological polar surface area (TPSA) is 29.5 Å². The van der Waals surface area contributed by atoms with Crippen LogP contribution >= 0.6 is 0 Å². The number of rotatable bonds is 8. The number of hydrogen-bond donors (Lipinski definition) is 0. The predicted molar refractivity (Wildman–Crippen MR) is 113 cm³/mol. The van der Waals surface area contributed by atoms with E-state index in [0.29, 0.717) is 19.7 Å². The van der Waals surface area contributed by atoms with Gasteiger partial charge in [0, 0.05) is 13.1 Å². The third kappa shape index (κ3) is 5.30. The summed E-state index contributed by atoms with van der Waals surface area (Å²) >= 11 is 0. The van der Waals surface area contributed by atoms with E-state index >= 15 is 0 Å². The lowest BCUT2D eigenvalue weighted by molar-refractivity contribution is -0.150. The summed E-state index contributed by atoms with van der Waals surface area (Å²) in [4.78, 5) is 15.2. The van der Waals surface area contributed by atoms with Gasteiger partial charge in [-0.05, 0) is 30.5 Å². The monoisotopic (exact) mass is 373 g/mol. The lowest BCUT2D eigenvalue weighted by Gasteiger charge is -2.31. The van der Waals surface area contributed by atoms with Crippen LogP contribution in [0.5, 0.6) is 0 Å². The third-order valence-corrected chi connectivity index (χ3v) is 4.73. The average Bonchev–Trinajstić information content (AvgIpc) is 2.71. The zero-order valence-electron chi connectivity index (χ0n) is 16.5. The fraction of sp³-hybridized carbons (Fsp3) is 0.240. The van der Waals surface area contributed by atoms with Crippen molar-refractivity contribution < 1.29 is 9.53 Å². The molecule has 0 bridgehead atoms. The molecular formula is C25H27NO2. The molecule has 3 heteroatoms. The molecule has 3 nitrogen and oxygen atoms in total.